The summed E-state index contributed by atoms with van der Waals surface area (Å²) in [5.41, 5.74) is 0.670. The number of benzene rings is 1. The molecule has 1 heteroatoms. The Kier molecular flexibility index (Phi) is 3.14. The van der Waals surface area contributed by atoms with Gasteiger partial charge in [0.2, 0.25) is 0 Å². The molecule has 1 nitrogen and oxygen atoms in total. The molecule has 0 spiro atoms. The average Bonchev–Trinajstić information content (AvgIpc) is 2.80. The van der Waals surface area contributed by atoms with Crippen LogP contribution < -0.4 is 0 Å². The molecule has 5 atom stereocenters. The van der Waals surface area contributed by atoms with E-state index in [9.17, 15) is 5.11 Å². The van der Waals surface area contributed by atoms with Crippen LogP contribution in [0.4, 0.5) is 0 Å². The van der Waals surface area contributed by atoms with Gasteiger partial charge in [0.05, 0.1) is 5.60 Å². The summed E-state index contributed by atoms with van der Waals surface area (Å²) in [5, 5.41) is 11.8. The fourth-order valence-corrected chi connectivity index (χ4v) is 5.85. The van der Waals surface area contributed by atoms with Crippen LogP contribution in [0.25, 0.3) is 0 Å². The largest absolute Gasteiger partial charge is 0.385 e. The molecule has 1 aromatic rings. The van der Waals surface area contributed by atoms with Crippen molar-refractivity contribution in [2.75, 3.05) is 0 Å². The smallest absolute Gasteiger partial charge is 0.0958 e. The normalized spacial score (nSPS) is 43.9. The lowest BCUT2D eigenvalue weighted by Gasteiger charge is -2.39. The zero-order chi connectivity index (χ0) is 13.6. The fraction of sp³-hybridized carbons (Fsp3) is 0.684. The van der Waals surface area contributed by atoms with Crippen molar-refractivity contribution >= 4 is 0 Å². The molecule has 0 aromatic heterocycles. The quantitative estimate of drug-likeness (QED) is 0.796. The second kappa shape index (κ2) is 4.87. The van der Waals surface area contributed by atoms with Gasteiger partial charge < -0.3 is 5.11 Å². The van der Waals surface area contributed by atoms with E-state index >= 15 is 0 Å². The van der Waals surface area contributed by atoms with Crippen LogP contribution in [0, 0.1) is 23.7 Å². The molecule has 3 fully saturated rings. The number of hydrogen-bond donors (Lipinski definition) is 1. The molecule has 3 aliphatic rings. The standard InChI is InChI=1S/C19H26O/c20-19(14-8-2-1-3-9-14)17-12-6-4-10-15(17)16-11-5-7-13-18(16)19/h1-3,8-9,15-18,20H,4-7,10-13H2/t15-,16-,17-,18+,19?/m1/s1. The molecule has 1 aromatic carbocycles. The Bertz CT molecular complexity index is 444. The van der Waals surface area contributed by atoms with E-state index in [2.05, 4.69) is 30.3 Å². The van der Waals surface area contributed by atoms with E-state index in [0.29, 0.717) is 11.8 Å². The fourth-order valence-electron chi connectivity index (χ4n) is 5.85. The molecule has 0 aliphatic heterocycles. The Balaban J connectivity index is 1.79. The van der Waals surface area contributed by atoms with Crippen molar-refractivity contribution in [1.82, 2.24) is 0 Å². The number of aliphatic hydroxyl groups is 1. The Morgan fingerprint density at radius 2 is 1.25 bits per heavy atom. The zero-order valence-electron chi connectivity index (χ0n) is 12.3. The third-order valence-corrected chi connectivity index (χ3v) is 6.56. The number of fused-ring (bicyclic) bond motifs is 3. The summed E-state index contributed by atoms with van der Waals surface area (Å²) in [7, 11) is 0. The van der Waals surface area contributed by atoms with Crippen molar-refractivity contribution in [3.05, 3.63) is 35.9 Å². The Labute approximate surface area is 122 Å². The third kappa shape index (κ3) is 1.72. The lowest BCUT2D eigenvalue weighted by molar-refractivity contribution is -0.0650. The molecule has 20 heavy (non-hydrogen) atoms. The highest BCUT2D eigenvalue weighted by atomic mass is 16.3. The second-order valence-corrected chi connectivity index (χ2v) is 7.30. The van der Waals surface area contributed by atoms with E-state index in [1.807, 2.05) is 0 Å². The van der Waals surface area contributed by atoms with E-state index in [4.69, 9.17) is 0 Å². The van der Waals surface area contributed by atoms with Crippen molar-refractivity contribution < 1.29 is 5.11 Å². The summed E-state index contributed by atoms with van der Waals surface area (Å²) >= 11 is 0. The van der Waals surface area contributed by atoms with Crippen molar-refractivity contribution in [3.63, 3.8) is 0 Å². The highest BCUT2D eigenvalue weighted by molar-refractivity contribution is 5.28. The monoisotopic (exact) mass is 270 g/mol. The average molecular weight is 270 g/mol. The predicted octanol–water partition coefficient (Wildman–Crippen LogP) is 4.50. The molecule has 3 saturated carbocycles. The van der Waals surface area contributed by atoms with E-state index < -0.39 is 5.60 Å². The van der Waals surface area contributed by atoms with Crippen LogP contribution in [0.5, 0.6) is 0 Å². The summed E-state index contributed by atoms with van der Waals surface area (Å²) in [4.78, 5) is 0. The molecule has 0 radical (unpaired) electrons. The molecule has 1 N–H and O–H groups in total. The molecule has 4 rings (SSSR count). The lowest BCUT2D eigenvalue weighted by Crippen LogP contribution is -2.39. The zero-order valence-corrected chi connectivity index (χ0v) is 12.3. The van der Waals surface area contributed by atoms with Crippen molar-refractivity contribution in [3.8, 4) is 0 Å². The van der Waals surface area contributed by atoms with E-state index in [0.717, 1.165) is 11.8 Å². The molecule has 0 heterocycles. The van der Waals surface area contributed by atoms with Crippen molar-refractivity contribution in [2.24, 2.45) is 23.7 Å². The van der Waals surface area contributed by atoms with Crippen LogP contribution >= 0.6 is 0 Å². The molecular formula is C19H26O. The topological polar surface area (TPSA) is 20.2 Å². The number of rotatable bonds is 1. The van der Waals surface area contributed by atoms with Gasteiger partial charge in [-0.2, -0.15) is 0 Å². The minimum Gasteiger partial charge on any atom is -0.385 e. The van der Waals surface area contributed by atoms with Crippen molar-refractivity contribution in [1.29, 1.82) is 0 Å². The van der Waals surface area contributed by atoms with Crippen LogP contribution in [0.3, 0.4) is 0 Å². The first-order valence-corrected chi connectivity index (χ1v) is 8.59. The van der Waals surface area contributed by atoms with Gasteiger partial charge >= 0.3 is 0 Å². The molecule has 3 aliphatic carbocycles. The Morgan fingerprint density at radius 3 is 1.80 bits per heavy atom. The first-order valence-electron chi connectivity index (χ1n) is 8.59. The van der Waals surface area contributed by atoms with Gasteiger partial charge in [0.15, 0.2) is 0 Å². The number of hydrogen-bond acceptors (Lipinski definition) is 1. The summed E-state index contributed by atoms with van der Waals surface area (Å²) in [5.74, 6) is 2.62. The van der Waals surface area contributed by atoms with Gasteiger partial charge in [0.1, 0.15) is 0 Å². The summed E-state index contributed by atoms with van der Waals surface area (Å²) in [6, 6.07) is 10.6. The van der Waals surface area contributed by atoms with Gasteiger partial charge in [-0.1, -0.05) is 56.0 Å². The lowest BCUT2D eigenvalue weighted by atomic mass is 9.71. The van der Waals surface area contributed by atoms with Crippen LogP contribution in [0.15, 0.2) is 30.3 Å². The third-order valence-electron chi connectivity index (χ3n) is 6.56. The Morgan fingerprint density at radius 1 is 0.750 bits per heavy atom. The molecule has 108 valence electrons. The van der Waals surface area contributed by atoms with Crippen LogP contribution in [0.1, 0.15) is 56.9 Å². The maximum absolute atomic E-state index is 11.8. The van der Waals surface area contributed by atoms with E-state index in [1.54, 1.807) is 0 Å². The molecule has 0 bridgehead atoms. The molecule has 0 amide bonds. The van der Waals surface area contributed by atoms with Gasteiger partial charge in [0, 0.05) is 0 Å². The Hall–Kier alpha value is -0.820. The molecule has 0 saturated heterocycles. The predicted molar refractivity (Wildman–Crippen MR) is 81.2 cm³/mol. The van der Waals surface area contributed by atoms with Gasteiger partial charge in [-0.3, -0.25) is 0 Å². The van der Waals surface area contributed by atoms with Gasteiger partial charge in [0.25, 0.3) is 0 Å². The minimum absolute atomic E-state index is 0.520. The summed E-state index contributed by atoms with van der Waals surface area (Å²) in [6.07, 6.45) is 10.6. The van der Waals surface area contributed by atoms with E-state index in [1.165, 1.54) is 56.9 Å². The second-order valence-electron chi connectivity index (χ2n) is 7.30. The van der Waals surface area contributed by atoms with Gasteiger partial charge in [-0.25, -0.2) is 0 Å². The first-order chi connectivity index (χ1) is 9.82. The van der Waals surface area contributed by atoms with Crippen LogP contribution in [-0.2, 0) is 5.60 Å². The maximum atomic E-state index is 11.8. The van der Waals surface area contributed by atoms with Crippen LogP contribution in [-0.4, -0.2) is 5.11 Å². The van der Waals surface area contributed by atoms with Crippen LogP contribution in [0.2, 0.25) is 0 Å². The van der Waals surface area contributed by atoms with Gasteiger partial charge in [-0.15, -0.1) is 0 Å². The maximum Gasteiger partial charge on any atom is 0.0958 e. The van der Waals surface area contributed by atoms with E-state index in [-0.39, 0.29) is 0 Å². The summed E-state index contributed by atoms with van der Waals surface area (Å²) in [6.45, 7) is 0. The minimum atomic E-state index is -0.530. The molecular weight excluding hydrogens is 244 g/mol. The van der Waals surface area contributed by atoms with Crippen molar-refractivity contribution in [2.45, 2.75) is 57.0 Å². The molecule has 1 unspecified atom stereocenters. The highest BCUT2D eigenvalue weighted by Gasteiger charge is 2.59. The summed E-state index contributed by atoms with van der Waals surface area (Å²) < 4.78 is 0. The SMILES string of the molecule is OC1(c2ccccc2)[C@@H]2CCCC[C@@H]2[C@H]2CCCC[C@@H]21. The van der Waals surface area contributed by atoms with Gasteiger partial charge in [-0.05, 0) is 54.9 Å². The highest BCUT2D eigenvalue weighted by Crippen LogP contribution is 2.62. The first kappa shape index (κ1) is 12.9.